The van der Waals surface area contributed by atoms with Crippen molar-refractivity contribution in [3.05, 3.63) is 58.6 Å². The monoisotopic (exact) mass is 447 g/mol. The fourth-order valence-electron chi connectivity index (χ4n) is 3.42. The highest BCUT2D eigenvalue weighted by molar-refractivity contribution is 7.92. The first-order chi connectivity index (χ1) is 14.7. The number of carbonyl (C=O) groups is 1. The maximum atomic E-state index is 12.6. The van der Waals surface area contributed by atoms with Crippen LogP contribution in [0.2, 0.25) is 0 Å². The van der Waals surface area contributed by atoms with E-state index in [1.165, 1.54) is 48.9 Å². The predicted molar refractivity (Wildman–Crippen MR) is 115 cm³/mol. The average molecular weight is 448 g/mol. The number of benzene rings is 2. The number of nitro groups is 1. The zero-order valence-corrected chi connectivity index (χ0v) is 17.9. The Morgan fingerprint density at radius 1 is 1.13 bits per heavy atom. The summed E-state index contributed by atoms with van der Waals surface area (Å²) in [4.78, 5) is 22.6. The van der Waals surface area contributed by atoms with Crippen LogP contribution in [0.4, 0.5) is 11.4 Å². The van der Waals surface area contributed by atoms with Crippen molar-refractivity contribution in [3.8, 4) is 5.75 Å². The van der Waals surface area contributed by atoms with Gasteiger partial charge in [-0.2, -0.15) is 0 Å². The number of nitro benzene ring substituents is 1. The molecule has 0 radical (unpaired) electrons. The van der Waals surface area contributed by atoms with Crippen LogP contribution in [0.3, 0.4) is 0 Å². The summed E-state index contributed by atoms with van der Waals surface area (Å²) in [5.41, 5.74) is -0.132. The molecule has 0 spiro atoms. The minimum absolute atomic E-state index is 0.0364. The zero-order chi connectivity index (χ0) is 22.4. The SMILES string of the molecule is C[C@H](Oc1ccc(S(=O)(=O)Nc2cccc([N+](=O)[O-])c2)cc1)C(=O)NC1CCCCC1. The molecule has 1 aliphatic rings. The minimum Gasteiger partial charge on any atom is -0.481 e. The quantitative estimate of drug-likeness (QED) is 0.470. The lowest BCUT2D eigenvalue weighted by Crippen LogP contribution is -2.43. The normalized spacial score (nSPS) is 15.6. The Kier molecular flexibility index (Phi) is 7.11. The van der Waals surface area contributed by atoms with Crippen molar-refractivity contribution in [2.75, 3.05) is 4.72 Å². The molecule has 3 rings (SSSR count). The van der Waals surface area contributed by atoms with Crippen molar-refractivity contribution in [2.45, 2.75) is 56.1 Å². The van der Waals surface area contributed by atoms with Crippen LogP contribution in [-0.2, 0) is 14.8 Å². The van der Waals surface area contributed by atoms with E-state index < -0.39 is 21.1 Å². The van der Waals surface area contributed by atoms with E-state index in [0.717, 1.165) is 31.7 Å². The maximum absolute atomic E-state index is 12.6. The largest absolute Gasteiger partial charge is 0.481 e. The Hall–Kier alpha value is -3.14. The number of amides is 1. The van der Waals surface area contributed by atoms with Crippen LogP contribution in [-0.4, -0.2) is 31.4 Å². The van der Waals surface area contributed by atoms with Gasteiger partial charge < -0.3 is 10.1 Å². The molecule has 31 heavy (non-hydrogen) atoms. The highest BCUT2D eigenvalue weighted by Crippen LogP contribution is 2.23. The van der Waals surface area contributed by atoms with Gasteiger partial charge in [0.25, 0.3) is 21.6 Å². The number of nitrogens with one attached hydrogen (secondary N) is 2. The number of anilines is 1. The Morgan fingerprint density at radius 3 is 2.45 bits per heavy atom. The Morgan fingerprint density at radius 2 is 1.81 bits per heavy atom. The van der Waals surface area contributed by atoms with E-state index in [2.05, 4.69) is 10.0 Å². The van der Waals surface area contributed by atoms with Gasteiger partial charge in [0.1, 0.15) is 5.75 Å². The smallest absolute Gasteiger partial charge is 0.271 e. The first-order valence-electron chi connectivity index (χ1n) is 10.1. The maximum Gasteiger partial charge on any atom is 0.271 e. The molecule has 0 saturated heterocycles. The predicted octanol–water partition coefficient (Wildman–Crippen LogP) is 3.61. The summed E-state index contributed by atoms with van der Waals surface area (Å²) < 4.78 is 33.1. The molecule has 1 amide bonds. The van der Waals surface area contributed by atoms with Crippen LogP contribution in [0.25, 0.3) is 0 Å². The molecule has 0 aromatic heterocycles. The second-order valence-electron chi connectivity index (χ2n) is 7.49. The lowest BCUT2D eigenvalue weighted by molar-refractivity contribution is -0.384. The first kappa shape index (κ1) is 22.5. The third-order valence-corrected chi connectivity index (χ3v) is 6.47. The number of ether oxygens (including phenoxy) is 1. The molecule has 10 heteroatoms. The van der Waals surface area contributed by atoms with E-state index in [4.69, 9.17) is 4.74 Å². The van der Waals surface area contributed by atoms with Gasteiger partial charge >= 0.3 is 0 Å². The van der Waals surface area contributed by atoms with Crippen LogP contribution < -0.4 is 14.8 Å². The van der Waals surface area contributed by atoms with Gasteiger partial charge in [-0.05, 0) is 50.1 Å². The van der Waals surface area contributed by atoms with E-state index in [-0.39, 0.29) is 28.2 Å². The van der Waals surface area contributed by atoms with Crippen LogP contribution in [0.5, 0.6) is 5.75 Å². The van der Waals surface area contributed by atoms with E-state index in [0.29, 0.717) is 5.75 Å². The number of rotatable bonds is 8. The van der Waals surface area contributed by atoms with E-state index in [1.54, 1.807) is 6.92 Å². The molecule has 2 N–H and O–H groups in total. The third kappa shape index (κ3) is 6.17. The van der Waals surface area contributed by atoms with Crippen LogP contribution in [0.15, 0.2) is 53.4 Å². The highest BCUT2D eigenvalue weighted by Gasteiger charge is 2.21. The number of nitrogens with zero attached hydrogens (tertiary/aromatic N) is 1. The van der Waals surface area contributed by atoms with Crippen molar-refractivity contribution >= 4 is 27.3 Å². The van der Waals surface area contributed by atoms with Gasteiger partial charge in [0, 0.05) is 18.2 Å². The summed E-state index contributed by atoms with van der Waals surface area (Å²) in [6.07, 6.45) is 4.66. The van der Waals surface area contributed by atoms with Gasteiger partial charge in [0.05, 0.1) is 15.5 Å². The molecule has 0 heterocycles. The Bertz CT molecular complexity index is 1030. The number of sulfonamides is 1. The molecule has 0 unspecified atom stereocenters. The van der Waals surface area contributed by atoms with Crippen LogP contribution in [0.1, 0.15) is 39.0 Å². The van der Waals surface area contributed by atoms with Crippen molar-refractivity contribution in [3.63, 3.8) is 0 Å². The van der Waals surface area contributed by atoms with E-state index in [1.807, 2.05) is 0 Å². The van der Waals surface area contributed by atoms with Crippen LogP contribution >= 0.6 is 0 Å². The second kappa shape index (κ2) is 9.78. The highest BCUT2D eigenvalue weighted by atomic mass is 32.2. The average Bonchev–Trinajstić information content (AvgIpc) is 2.74. The minimum atomic E-state index is -3.94. The molecule has 1 fully saturated rings. The number of carbonyl (C=O) groups excluding carboxylic acids is 1. The molecule has 0 bridgehead atoms. The van der Waals surface area contributed by atoms with Crippen molar-refractivity contribution in [1.82, 2.24) is 5.32 Å². The van der Waals surface area contributed by atoms with Gasteiger partial charge in [-0.15, -0.1) is 0 Å². The number of non-ortho nitro benzene ring substituents is 1. The summed E-state index contributed by atoms with van der Waals surface area (Å²) in [7, 11) is -3.94. The molecule has 1 aliphatic carbocycles. The molecule has 2 aromatic carbocycles. The Balaban J connectivity index is 1.61. The summed E-state index contributed by atoms with van der Waals surface area (Å²) >= 11 is 0. The van der Waals surface area contributed by atoms with Gasteiger partial charge in [-0.1, -0.05) is 25.3 Å². The van der Waals surface area contributed by atoms with Crippen molar-refractivity contribution in [2.24, 2.45) is 0 Å². The van der Waals surface area contributed by atoms with Crippen molar-refractivity contribution < 1.29 is 22.9 Å². The summed E-state index contributed by atoms with van der Waals surface area (Å²) in [5.74, 6) is 0.163. The Labute approximate surface area is 181 Å². The standard InChI is InChI=1S/C21H25N3O6S/c1-15(21(25)22-16-6-3-2-4-7-16)30-19-10-12-20(13-11-19)31(28,29)23-17-8-5-9-18(14-17)24(26)27/h5,8-16,23H,2-4,6-7H2,1H3,(H,22,25)/t15-/m0/s1. The zero-order valence-electron chi connectivity index (χ0n) is 17.1. The van der Waals surface area contributed by atoms with Crippen LogP contribution in [0, 0.1) is 10.1 Å². The van der Waals surface area contributed by atoms with Gasteiger partial charge in [-0.3, -0.25) is 19.6 Å². The molecule has 2 aromatic rings. The third-order valence-electron chi connectivity index (χ3n) is 5.08. The van der Waals surface area contributed by atoms with Gasteiger partial charge in [-0.25, -0.2) is 8.42 Å². The van der Waals surface area contributed by atoms with Gasteiger partial charge in [0.2, 0.25) is 0 Å². The number of hydrogen-bond acceptors (Lipinski definition) is 6. The molecule has 0 aliphatic heterocycles. The van der Waals surface area contributed by atoms with Gasteiger partial charge in [0.15, 0.2) is 6.10 Å². The molecule has 9 nitrogen and oxygen atoms in total. The fourth-order valence-corrected chi connectivity index (χ4v) is 4.47. The number of hydrogen-bond donors (Lipinski definition) is 2. The summed E-state index contributed by atoms with van der Waals surface area (Å²) in [6.45, 7) is 1.65. The lowest BCUT2D eigenvalue weighted by Gasteiger charge is -2.24. The lowest BCUT2D eigenvalue weighted by atomic mass is 9.95. The van der Waals surface area contributed by atoms with E-state index >= 15 is 0 Å². The summed E-state index contributed by atoms with van der Waals surface area (Å²) in [5, 5.41) is 13.9. The molecular formula is C21H25N3O6S. The molecule has 1 saturated carbocycles. The molecule has 166 valence electrons. The summed E-state index contributed by atoms with van der Waals surface area (Å²) in [6, 6.07) is 11.0. The fraction of sp³-hybridized carbons (Fsp3) is 0.381. The van der Waals surface area contributed by atoms with E-state index in [9.17, 15) is 23.3 Å². The van der Waals surface area contributed by atoms with Crippen molar-refractivity contribution in [1.29, 1.82) is 0 Å². The first-order valence-corrected chi connectivity index (χ1v) is 11.6. The topological polar surface area (TPSA) is 128 Å². The second-order valence-corrected chi connectivity index (χ2v) is 9.17. The molecule has 1 atom stereocenters. The molecular weight excluding hydrogens is 422 g/mol.